The number of hydrogen-bond acceptors (Lipinski definition) is 3. The highest BCUT2D eigenvalue weighted by Gasteiger charge is 2.04. The van der Waals surface area contributed by atoms with Crippen LogP contribution < -0.4 is 5.43 Å². The molecule has 1 amide bonds. The highest BCUT2D eigenvalue weighted by Crippen LogP contribution is 2.19. The summed E-state index contributed by atoms with van der Waals surface area (Å²) in [6, 6.07) is 16.7. The van der Waals surface area contributed by atoms with Gasteiger partial charge in [0.1, 0.15) is 6.21 Å². The van der Waals surface area contributed by atoms with Gasteiger partial charge < -0.3 is 5.11 Å². The van der Waals surface area contributed by atoms with Crippen molar-refractivity contribution in [3.05, 3.63) is 60.2 Å². The lowest BCUT2D eigenvalue weighted by Crippen LogP contribution is -2.18. The highest BCUT2D eigenvalue weighted by atomic mass is 16.4. The first kappa shape index (κ1) is 13.5. The fourth-order valence-electron chi connectivity index (χ4n) is 1.66. The number of benzene rings is 2. The molecule has 5 heteroatoms. The van der Waals surface area contributed by atoms with Gasteiger partial charge in [-0.3, -0.25) is 4.79 Å². The monoisotopic (exact) mass is 268 g/mol. The van der Waals surface area contributed by atoms with E-state index in [-0.39, 0.29) is 0 Å². The van der Waals surface area contributed by atoms with Gasteiger partial charge in [-0.25, -0.2) is 10.2 Å². The van der Waals surface area contributed by atoms with Crippen LogP contribution >= 0.6 is 0 Å². The fourth-order valence-corrected chi connectivity index (χ4v) is 1.66. The Morgan fingerprint density at radius 3 is 2.15 bits per heavy atom. The van der Waals surface area contributed by atoms with Gasteiger partial charge in [0, 0.05) is 5.56 Å². The molecule has 0 atom stereocenters. The van der Waals surface area contributed by atoms with Gasteiger partial charge in [0.2, 0.25) is 0 Å². The third-order valence-electron chi connectivity index (χ3n) is 2.60. The average Bonchev–Trinajstić information content (AvgIpc) is 2.48. The second kappa shape index (κ2) is 6.29. The number of carboxylic acid groups (broad SMARTS) is 1. The van der Waals surface area contributed by atoms with Gasteiger partial charge in [0.25, 0.3) is 5.91 Å². The molecule has 0 aliphatic heterocycles. The first-order valence-corrected chi connectivity index (χ1v) is 5.88. The van der Waals surface area contributed by atoms with Crippen molar-refractivity contribution in [3.8, 4) is 11.1 Å². The quantitative estimate of drug-likeness (QED) is 0.658. The molecular formula is C15H12N2O3. The maximum atomic E-state index is 11.7. The predicted octanol–water partition coefficient (Wildman–Crippen LogP) is 2.15. The minimum Gasteiger partial charge on any atom is -0.477 e. The molecule has 2 rings (SSSR count). The Balaban J connectivity index is 2.08. The lowest BCUT2D eigenvalue weighted by molar-refractivity contribution is -0.128. The Bertz CT molecular complexity index is 634. The van der Waals surface area contributed by atoms with Gasteiger partial charge in [-0.1, -0.05) is 42.5 Å². The maximum Gasteiger partial charge on any atom is 0.348 e. The largest absolute Gasteiger partial charge is 0.477 e. The third-order valence-corrected chi connectivity index (χ3v) is 2.60. The SMILES string of the molecule is O=C(O)C=NNC(=O)c1ccc(-c2ccccc2)cc1. The van der Waals surface area contributed by atoms with Crippen molar-refractivity contribution in [2.45, 2.75) is 0 Å². The number of rotatable bonds is 4. The molecule has 0 fully saturated rings. The number of hydrazone groups is 1. The Labute approximate surface area is 115 Å². The van der Waals surface area contributed by atoms with E-state index in [2.05, 4.69) is 10.5 Å². The van der Waals surface area contributed by atoms with E-state index in [4.69, 9.17) is 5.11 Å². The molecule has 0 unspecified atom stereocenters. The van der Waals surface area contributed by atoms with E-state index < -0.39 is 11.9 Å². The van der Waals surface area contributed by atoms with Crippen molar-refractivity contribution in [1.82, 2.24) is 5.43 Å². The number of nitrogens with one attached hydrogen (secondary N) is 1. The zero-order valence-corrected chi connectivity index (χ0v) is 10.5. The topological polar surface area (TPSA) is 78.8 Å². The van der Waals surface area contributed by atoms with Crippen molar-refractivity contribution in [2.75, 3.05) is 0 Å². The van der Waals surface area contributed by atoms with E-state index >= 15 is 0 Å². The van der Waals surface area contributed by atoms with Crippen LogP contribution in [0.25, 0.3) is 11.1 Å². The van der Waals surface area contributed by atoms with Crippen LogP contribution in [0.4, 0.5) is 0 Å². The summed E-state index contributed by atoms with van der Waals surface area (Å²) >= 11 is 0. The number of carbonyl (C=O) groups is 2. The Morgan fingerprint density at radius 1 is 0.950 bits per heavy atom. The van der Waals surface area contributed by atoms with Crippen molar-refractivity contribution >= 4 is 18.1 Å². The van der Waals surface area contributed by atoms with E-state index in [1.165, 1.54) is 0 Å². The molecule has 0 saturated heterocycles. The second-order valence-electron chi connectivity index (χ2n) is 3.98. The average molecular weight is 268 g/mol. The molecule has 100 valence electrons. The van der Waals surface area contributed by atoms with Crippen LogP contribution in [0.2, 0.25) is 0 Å². The summed E-state index contributed by atoms with van der Waals surface area (Å²) in [6.45, 7) is 0. The van der Waals surface area contributed by atoms with Gasteiger partial charge in [-0.15, -0.1) is 0 Å². The van der Waals surface area contributed by atoms with E-state index in [0.29, 0.717) is 11.8 Å². The summed E-state index contributed by atoms with van der Waals surface area (Å²) in [6.07, 6.45) is 0.621. The van der Waals surface area contributed by atoms with Crippen LogP contribution in [-0.2, 0) is 4.79 Å². The smallest absolute Gasteiger partial charge is 0.348 e. The van der Waals surface area contributed by atoms with Crippen molar-refractivity contribution < 1.29 is 14.7 Å². The zero-order chi connectivity index (χ0) is 14.4. The Kier molecular flexibility index (Phi) is 4.24. The summed E-state index contributed by atoms with van der Waals surface area (Å²) < 4.78 is 0. The minimum absolute atomic E-state index is 0.409. The lowest BCUT2D eigenvalue weighted by Gasteiger charge is -2.03. The molecule has 0 aliphatic carbocycles. The van der Waals surface area contributed by atoms with Crippen molar-refractivity contribution in [3.63, 3.8) is 0 Å². The molecule has 0 radical (unpaired) electrons. The number of amides is 1. The van der Waals surface area contributed by atoms with E-state index in [1.807, 2.05) is 42.5 Å². The van der Waals surface area contributed by atoms with Gasteiger partial charge in [0.15, 0.2) is 0 Å². The second-order valence-corrected chi connectivity index (χ2v) is 3.98. The summed E-state index contributed by atoms with van der Waals surface area (Å²) in [5.74, 6) is -1.67. The Morgan fingerprint density at radius 2 is 1.55 bits per heavy atom. The number of hydrogen-bond donors (Lipinski definition) is 2. The van der Waals surface area contributed by atoms with Crippen LogP contribution in [0.3, 0.4) is 0 Å². The molecule has 0 spiro atoms. The van der Waals surface area contributed by atoms with Crippen LogP contribution in [0.1, 0.15) is 10.4 Å². The normalized spacial score (nSPS) is 10.4. The molecule has 0 aliphatic rings. The van der Waals surface area contributed by atoms with Crippen LogP contribution in [0.15, 0.2) is 59.7 Å². The Hall–Kier alpha value is -2.95. The van der Waals surface area contributed by atoms with Crippen LogP contribution in [-0.4, -0.2) is 23.2 Å². The molecule has 2 aromatic rings. The molecule has 2 N–H and O–H groups in total. The van der Waals surface area contributed by atoms with Crippen molar-refractivity contribution in [2.24, 2.45) is 5.10 Å². The number of carbonyl (C=O) groups excluding carboxylic acids is 1. The summed E-state index contributed by atoms with van der Waals surface area (Å²) in [5.41, 5.74) is 4.60. The standard InChI is InChI=1S/C15H12N2O3/c18-14(19)10-16-17-15(20)13-8-6-12(7-9-13)11-4-2-1-3-5-11/h1-10H,(H,17,20)(H,18,19). The molecule has 0 aromatic heterocycles. The van der Waals surface area contributed by atoms with Gasteiger partial charge in [-0.05, 0) is 23.3 Å². The first-order valence-electron chi connectivity index (χ1n) is 5.88. The fraction of sp³-hybridized carbons (Fsp3) is 0. The van der Waals surface area contributed by atoms with E-state index in [0.717, 1.165) is 11.1 Å². The third kappa shape index (κ3) is 3.52. The van der Waals surface area contributed by atoms with Gasteiger partial charge in [0.05, 0.1) is 0 Å². The predicted molar refractivity (Wildman–Crippen MR) is 75.5 cm³/mol. The molecular weight excluding hydrogens is 256 g/mol. The van der Waals surface area contributed by atoms with E-state index in [1.54, 1.807) is 12.1 Å². The zero-order valence-electron chi connectivity index (χ0n) is 10.5. The van der Waals surface area contributed by atoms with Crippen LogP contribution in [0.5, 0.6) is 0 Å². The molecule has 0 heterocycles. The molecule has 0 bridgehead atoms. The summed E-state index contributed by atoms with van der Waals surface area (Å²) in [5, 5.41) is 11.7. The first-order chi connectivity index (χ1) is 9.66. The molecule has 20 heavy (non-hydrogen) atoms. The van der Waals surface area contributed by atoms with Gasteiger partial charge in [-0.2, -0.15) is 5.10 Å². The number of nitrogens with zero attached hydrogens (tertiary/aromatic N) is 1. The minimum atomic E-state index is -1.22. The maximum absolute atomic E-state index is 11.7. The number of aliphatic carboxylic acids is 1. The van der Waals surface area contributed by atoms with Gasteiger partial charge >= 0.3 is 5.97 Å². The highest BCUT2D eigenvalue weighted by molar-refractivity contribution is 6.22. The number of carboxylic acids is 1. The molecule has 5 nitrogen and oxygen atoms in total. The van der Waals surface area contributed by atoms with Crippen molar-refractivity contribution in [1.29, 1.82) is 0 Å². The van der Waals surface area contributed by atoms with E-state index in [9.17, 15) is 9.59 Å². The lowest BCUT2D eigenvalue weighted by atomic mass is 10.0. The summed E-state index contributed by atoms with van der Waals surface area (Å²) in [4.78, 5) is 21.9. The molecule has 2 aromatic carbocycles. The van der Waals surface area contributed by atoms with Crippen LogP contribution in [0, 0.1) is 0 Å². The molecule has 0 saturated carbocycles. The summed E-state index contributed by atoms with van der Waals surface area (Å²) in [7, 11) is 0.